The molecule has 1 saturated heterocycles. The highest BCUT2D eigenvalue weighted by Crippen LogP contribution is 2.38. The fourth-order valence-electron chi connectivity index (χ4n) is 3.04. The molecule has 0 aliphatic carbocycles. The summed E-state index contributed by atoms with van der Waals surface area (Å²) in [5.74, 6) is -1.55. The van der Waals surface area contributed by atoms with Crippen LogP contribution in [0, 0.1) is 0 Å². The fraction of sp³-hybridized carbons (Fsp3) is 0.263. The number of ketones is 1. The smallest absolute Gasteiger partial charge is 0.295 e. The second-order valence-corrected chi connectivity index (χ2v) is 5.86. The van der Waals surface area contributed by atoms with Gasteiger partial charge >= 0.3 is 0 Å². The second-order valence-electron chi connectivity index (χ2n) is 5.86. The lowest BCUT2D eigenvalue weighted by molar-refractivity contribution is -0.140. The molecule has 2 aromatic rings. The van der Waals surface area contributed by atoms with Crippen LogP contribution in [0.15, 0.2) is 54.6 Å². The van der Waals surface area contributed by atoms with Gasteiger partial charge in [0.2, 0.25) is 0 Å². The van der Waals surface area contributed by atoms with E-state index in [1.54, 1.807) is 43.8 Å². The number of carbonyl (C=O) groups is 2. The van der Waals surface area contributed by atoms with Gasteiger partial charge in [0, 0.05) is 50.6 Å². The molecule has 0 radical (unpaired) electrons. The van der Waals surface area contributed by atoms with Crippen molar-refractivity contribution in [2.45, 2.75) is 12.5 Å². The van der Waals surface area contributed by atoms with E-state index < -0.39 is 17.7 Å². The number of Topliss-reactive ketones (excluding diaryl/α,β-unsaturated/α-hetero) is 1. The summed E-state index contributed by atoms with van der Waals surface area (Å²) in [6.45, 7) is 0.804. The molecule has 1 amide bonds. The SMILES string of the molecule is COCCCN1C(=O)C(=O)/C(=C(/O)c2ccncc2)C1c1cccnc1. The first-order valence-corrected chi connectivity index (χ1v) is 8.22. The van der Waals surface area contributed by atoms with Crippen LogP contribution in [0.5, 0.6) is 0 Å². The highest BCUT2D eigenvalue weighted by Gasteiger charge is 2.45. The minimum absolute atomic E-state index is 0.0617. The average molecular weight is 353 g/mol. The molecular formula is C19H19N3O4. The van der Waals surface area contributed by atoms with Gasteiger partial charge < -0.3 is 14.7 Å². The molecule has 7 nitrogen and oxygen atoms in total. The van der Waals surface area contributed by atoms with Gasteiger partial charge in [-0.1, -0.05) is 6.07 Å². The Balaban J connectivity index is 2.09. The molecule has 1 fully saturated rings. The number of pyridine rings is 2. The summed E-state index contributed by atoms with van der Waals surface area (Å²) in [4.78, 5) is 34.7. The Kier molecular flexibility index (Phi) is 5.38. The van der Waals surface area contributed by atoms with Crippen LogP contribution in [0.1, 0.15) is 23.6 Å². The van der Waals surface area contributed by atoms with E-state index in [9.17, 15) is 14.7 Å². The molecule has 1 N–H and O–H groups in total. The van der Waals surface area contributed by atoms with Crippen LogP contribution >= 0.6 is 0 Å². The van der Waals surface area contributed by atoms with Crippen molar-refractivity contribution in [2.24, 2.45) is 0 Å². The molecule has 1 unspecified atom stereocenters. The topological polar surface area (TPSA) is 92.6 Å². The van der Waals surface area contributed by atoms with E-state index in [-0.39, 0.29) is 11.3 Å². The molecule has 2 aromatic heterocycles. The number of hydrogen-bond acceptors (Lipinski definition) is 6. The van der Waals surface area contributed by atoms with Crippen molar-refractivity contribution >= 4 is 17.4 Å². The maximum absolute atomic E-state index is 12.7. The number of likely N-dealkylation sites (tertiary alicyclic amines) is 1. The van der Waals surface area contributed by atoms with Crippen molar-refractivity contribution in [2.75, 3.05) is 20.3 Å². The molecule has 1 aliphatic heterocycles. The first kappa shape index (κ1) is 17.8. The lowest BCUT2D eigenvalue weighted by Crippen LogP contribution is -2.31. The fourth-order valence-corrected chi connectivity index (χ4v) is 3.04. The van der Waals surface area contributed by atoms with E-state index in [0.717, 1.165) is 0 Å². The third-order valence-electron chi connectivity index (χ3n) is 4.24. The van der Waals surface area contributed by atoms with Gasteiger partial charge in [-0.2, -0.15) is 0 Å². The van der Waals surface area contributed by atoms with Crippen LogP contribution in [-0.2, 0) is 14.3 Å². The van der Waals surface area contributed by atoms with Crippen molar-refractivity contribution in [1.82, 2.24) is 14.9 Å². The minimum atomic E-state index is -0.703. The highest BCUT2D eigenvalue weighted by atomic mass is 16.5. The lowest BCUT2D eigenvalue weighted by Gasteiger charge is -2.24. The van der Waals surface area contributed by atoms with Gasteiger partial charge in [0.1, 0.15) is 5.76 Å². The number of hydrogen-bond donors (Lipinski definition) is 1. The summed E-state index contributed by atoms with van der Waals surface area (Å²) >= 11 is 0. The molecule has 3 heterocycles. The molecule has 134 valence electrons. The van der Waals surface area contributed by atoms with Crippen molar-refractivity contribution in [3.8, 4) is 0 Å². The summed E-state index contributed by atoms with van der Waals surface area (Å²) in [7, 11) is 1.58. The Labute approximate surface area is 151 Å². The second kappa shape index (κ2) is 7.88. The quantitative estimate of drug-likeness (QED) is 0.369. The third kappa shape index (κ3) is 3.34. The summed E-state index contributed by atoms with van der Waals surface area (Å²) in [5, 5.41) is 10.7. The van der Waals surface area contributed by atoms with E-state index in [0.29, 0.717) is 30.7 Å². The monoisotopic (exact) mass is 353 g/mol. The predicted octanol–water partition coefficient (Wildman–Crippen LogP) is 1.93. The van der Waals surface area contributed by atoms with Crippen molar-refractivity contribution < 1.29 is 19.4 Å². The van der Waals surface area contributed by atoms with Crippen LogP contribution in [0.25, 0.3) is 5.76 Å². The van der Waals surface area contributed by atoms with Crippen LogP contribution < -0.4 is 0 Å². The standard InChI is InChI=1S/C19H19N3O4/c1-26-11-3-10-22-16(14-4-2-7-21-12-14)15(18(24)19(22)25)17(23)13-5-8-20-9-6-13/h2,4-9,12,16,23H,3,10-11H2,1H3/b17-15+. The molecular weight excluding hydrogens is 334 g/mol. The number of aliphatic hydroxyl groups is 1. The summed E-state index contributed by atoms with van der Waals surface area (Å²) in [6.07, 6.45) is 6.82. The molecule has 3 rings (SSSR count). The molecule has 1 aliphatic rings. The normalized spacial score (nSPS) is 19.1. The summed E-state index contributed by atoms with van der Waals surface area (Å²) in [6, 6.07) is 6.01. The Morgan fingerprint density at radius 1 is 1.19 bits per heavy atom. The number of nitrogens with zero attached hydrogens (tertiary/aromatic N) is 3. The van der Waals surface area contributed by atoms with Gasteiger partial charge in [-0.25, -0.2) is 0 Å². The number of rotatable bonds is 6. The molecule has 1 atom stereocenters. The zero-order valence-corrected chi connectivity index (χ0v) is 14.3. The largest absolute Gasteiger partial charge is 0.507 e. The first-order chi connectivity index (χ1) is 12.6. The lowest BCUT2D eigenvalue weighted by atomic mass is 9.96. The maximum atomic E-state index is 12.7. The number of methoxy groups -OCH3 is 1. The Bertz CT molecular complexity index is 821. The first-order valence-electron chi connectivity index (χ1n) is 8.22. The van der Waals surface area contributed by atoms with Crippen molar-refractivity contribution in [3.05, 3.63) is 65.8 Å². The van der Waals surface area contributed by atoms with Crippen LogP contribution in [0.4, 0.5) is 0 Å². The number of carbonyl (C=O) groups excluding carboxylic acids is 2. The van der Waals surface area contributed by atoms with Crippen molar-refractivity contribution in [3.63, 3.8) is 0 Å². The summed E-state index contributed by atoms with van der Waals surface area (Å²) in [5.41, 5.74) is 1.16. The van der Waals surface area contributed by atoms with E-state index in [2.05, 4.69) is 9.97 Å². The zero-order valence-electron chi connectivity index (χ0n) is 14.3. The Morgan fingerprint density at radius 2 is 1.96 bits per heavy atom. The van der Waals surface area contributed by atoms with Gasteiger partial charge in [-0.15, -0.1) is 0 Å². The van der Waals surface area contributed by atoms with E-state index in [1.807, 2.05) is 0 Å². The van der Waals surface area contributed by atoms with E-state index in [1.165, 1.54) is 17.3 Å². The maximum Gasteiger partial charge on any atom is 0.295 e. The average Bonchev–Trinajstić information content (AvgIpc) is 2.94. The third-order valence-corrected chi connectivity index (χ3v) is 4.24. The number of amides is 1. The number of aliphatic hydroxyl groups excluding tert-OH is 1. The van der Waals surface area contributed by atoms with Gasteiger partial charge in [-0.05, 0) is 30.2 Å². The minimum Gasteiger partial charge on any atom is -0.507 e. The van der Waals surface area contributed by atoms with Gasteiger partial charge in [0.15, 0.2) is 0 Å². The molecule has 26 heavy (non-hydrogen) atoms. The zero-order chi connectivity index (χ0) is 18.5. The molecule has 0 spiro atoms. The van der Waals surface area contributed by atoms with Gasteiger partial charge in [0.05, 0.1) is 11.6 Å². The molecule has 7 heteroatoms. The van der Waals surface area contributed by atoms with Gasteiger partial charge in [0.25, 0.3) is 11.7 Å². The Morgan fingerprint density at radius 3 is 2.62 bits per heavy atom. The number of aromatic nitrogens is 2. The van der Waals surface area contributed by atoms with Crippen LogP contribution in [0.2, 0.25) is 0 Å². The predicted molar refractivity (Wildman–Crippen MR) is 94.0 cm³/mol. The molecule has 0 aromatic carbocycles. The van der Waals surface area contributed by atoms with Crippen LogP contribution in [0.3, 0.4) is 0 Å². The van der Waals surface area contributed by atoms with Gasteiger partial charge in [-0.3, -0.25) is 19.6 Å². The number of ether oxygens (including phenoxy) is 1. The molecule has 0 bridgehead atoms. The Hall–Kier alpha value is -3.06. The van der Waals surface area contributed by atoms with Crippen LogP contribution in [-0.4, -0.2) is 51.9 Å². The highest BCUT2D eigenvalue weighted by molar-refractivity contribution is 6.46. The van der Waals surface area contributed by atoms with Crippen molar-refractivity contribution in [1.29, 1.82) is 0 Å². The molecule has 0 saturated carbocycles. The van der Waals surface area contributed by atoms with E-state index in [4.69, 9.17) is 4.74 Å². The van der Waals surface area contributed by atoms with E-state index >= 15 is 0 Å². The summed E-state index contributed by atoms with van der Waals surface area (Å²) < 4.78 is 5.04.